The molecule has 0 radical (unpaired) electrons. The van der Waals surface area contributed by atoms with E-state index in [9.17, 15) is 0 Å². The molecule has 0 unspecified atom stereocenters. The van der Waals surface area contributed by atoms with Crippen LogP contribution in [0.25, 0.3) is 34.8 Å². The van der Waals surface area contributed by atoms with E-state index in [0.717, 1.165) is 95.9 Å². The van der Waals surface area contributed by atoms with E-state index in [0.29, 0.717) is 5.92 Å². The number of piperidine rings is 1. The summed E-state index contributed by atoms with van der Waals surface area (Å²) < 4.78 is 0. The Labute approximate surface area is 269 Å². The van der Waals surface area contributed by atoms with Gasteiger partial charge in [-0.3, -0.25) is 10.1 Å². The zero-order valence-corrected chi connectivity index (χ0v) is 28.0. The van der Waals surface area contributed by atoms with Gasteiger partial charge in [0, 0.05) is 65.8 Å². The van der Waals surface area contributed by atoms with Gasteiger partial charge in [-0.1, -0.05) is 45.7 Å². The standard InChI is InChI=1S/C35H46N8.C2H6/c1-7-9-34(43-16-14-42(6)15-17-43)30-21-33(39-26(30)5)35-31(32(8-2)40-41-35)18-24(3)28-20-29(23-37-22-28)38-25(4)19-27-10-12-36-13-11-27;1-2/h7-9,18,20-23,27,36,38-40H,1,3-4,10-17,19H2,2,5-6H3;1-2H3/b31-18+,32-8+,34-9+;. The Morgan fingerprint density at radius 2 is 1.82 bits per heavy atom. The van der Waals surface area contributed by atoms with Gasteiger partial charge in [0.2, 0.25) is 0 Å². The highest BCUT2D eigenvalue weighted by atomic mass is 15.3. The normalized spacial score (nSPS) is 17.2. The first kappa shape index (κ1) is 33.7. The van der Waals surface area contributed by atoms with Crippen molar-refractivity contribution in [3.05, 3.63) is 89.5 Å². The number of likely N-dealkylation sites (N-methyl/N-ethyl adjacent to an activating group) is 1. The van der Waals surface area contributed by atoms with Crippen LogP contribution < -0.4 is 21.2 Å². The van der Waals surface area contributed by atoms with Crippen LogP contribution in [0.15, 0.2) is 62.1 Å². The molecule has 0 atom stereocenters. The molecule has 8 nitrogen and oxygen atoms in total. The van der Waals surface area contributed by atoms with Crippen LogP contribution in [0.4, 0.5) is 5.69 Å². The Morgan fingerprint density at radius 1 is 1.09 bits per heavy atom. The van der Waals surface area contributed by atoms with Crippen LogP contribution in [0.2, 0.25) is 0 Å². The van der Waals surface area contributed by atoms with Crippen LogP contribution in [0.1, 0.15) is 56.9 Å². The van der Waals surface area contributed by atoms with E-state index >= 15 is 0 Å². The van der Waals surface area contributed by atoms with E-state index in [4.69, 9.17) is 5.10 Å². The van der Waals surface area contributed by atoms with Crippen LogP contribution >= 0.6 is 0 Å². The monoisotopic (exact) mass is 608 g/mol. The van der Waals surface area contributed by atoms with E-state index in [1.165, 1.54) is 24.1 Å². The lowest BCUT2D eigenvalue weighted by Crippen LogP contribution is -2.43. The number of aryl methyl sites for hydroxylation is 1. The van der Waals surface area contributed by atoms with Crippen LogP contribution in [-0.2, 0) is 0 Å². The highest BCUT2D eigenvalue weighted by molar-refractivity contribution is 5.88. The Bertz CT molecular complexity index is 1610. The van der Waals surface area contributed by atoms with Crippen molar-refractivity contribution in [3.63, 3.8) is 0 Å². The fourth-order valence-electron chi connectivity index (χ4n) is 6.04. The molecule has 0 spiro atoms. The number of aromatic nitrogens is 4. The maximum absolute atomic E-state index is 4.73. The number of pyridine rings is 1. The number of H-pyrrole nitrogens is 2. The third-order valence-corrected chi connectivity index (χ3v) is 8.53. The average Bonchev–Trinajstić information content (AvgIpc) is 3.64. The predicted octanol–water partition coefficient (Wildman–Crippen LogP) is 5.52. The van der Waals surface area contributed by atoms with Gasteiger partial charge in [0.1, 0.15) is 5.69 Å². The molecule has 0 bridgehead atoms. The molecule has 0 saturated carbocycles. The number of nitrogens with zero attached hydrogens (tertiary/aromatic N) is 4. The second-order valence-electron chi connectivity index (χ2n) is 11.7. The van der Waals surface area contributed by atoms with Crippen molar-refractivity contribution >= 4 is 29.1 Å². The summed E-state index contributed by atoms with van der Waals surface area (Å²) in [4.78, 5) is 12.9. The number of allylic oxidation sites excluding steroid dienone is 4. The van der Waals surface area contributed by atoms with Crippen molar-refractivity contribution in [1.82, 2.24) is 35.3 Å². The number of hydrogen-bond acceptors (Lipinski definition) is 6. The number of aromatic amines is 2. The Hall–Kier alpha value is -4.14. The molecule has 2 aliphatic heterocycles. The van der Waals surface area contributed by atoms with Crippen molar-refractivity contribution < 1.29 is 0 Å². The first-order valence-electron chi connectivity index (χ1n) is 16.3. The first-order valence-corrected chi connectivity index (χ1v) is 16.3. The van der Waals surface area contributed by atoms with Gasteiger partial charge in [-0.2, -0.15) is 5.10 Å². The van der Waals surface area contributed by atoms with Gasteiger partial charge < -0.3 is 25.4 Å². The minimum Gasteiger partial charge on any atom is -0.368 e. The summed E-state index contributed by atoms with van der Waals surface area (Å²) in [6.07, 6.45) is 15.2. The smallest absolute Gasteiger partial charge is 0.116 e. The van der Waals surface area contributed by atoms with Crippen LogP contribution in [0, 0.1) is 12.8 Å². The summed E-state index contributed by atoms with van der Waals surface area (Å²) in [6.45, 7) is 27.1. The first-order chi connectivity index (χ1) is 21.9. The molecule has 240 valence electrons. The maximum Gasteiger partial charge on any atom is 0.116 e. The Morgan fingerprint density at radius 3 is 2.51 bits per heavy atom. The molecule has 2 saturated heterocycles. The molecule has 45 heavy (non-hydrogen) atoms. The summed E-state index contributed by atoms with van der Waals surface area (Å²) in [7, 11) is 2.18. The zero-order valence-electron chi connectivity index (χ0n) is 28.0. The maximum atomic E-state index is 4.73. The highest BCUT2D eigenvalue weighted by Gasteiger charge is 2.21. The molecule has 8 heteroatoms. The van der Waals surface area contributed by atoms with Gasteiger partial charge >= 0.3 is 0 Å². The molecular weight excluding hydrogens is 556 g/mol. The summed E-state index contributed by atoms with van der Waals surface area (Å²) in [5.41, 5.74) is 9.04. The SMILES string of the molecule is C=C/C=C(\c1cc(-c2n[nH]c(=C/C)/c2=C\C(=C)c2cncc(NC(=C)CC3CCNCC3)c2)[nH]c1C)N1CCN(C)CC1.CC. The third kappa shape index (κ3) is 8.53. The van der Waals surface area contributed by atoms with E-state index < -0.39 is 0 Å². The summed E-state index contributed by atoms with van der Waals surface area (Å²) >= 11 is 0. The van der Waals surface area contributed by atoms with Crippen LogP contribution in [0.3, 0.4) is 0 Å². The van der Waals surface area contributed by atoms with E-state index in [-0.39, 0.29) is 0 Å². The lowest BCUT2D eigenvalue weighted by Gasteiger charge is -2.35. The highest BCUT2D eigenvalue weighted by Crippen LogP contribution is 2.28. The van der Waals surface area contributed by atoms with Gasteiger partial charge in [0.25, 0.3) is 0 Å². The van der Waals surface area contributed by atoms with Gasteiger partial charge in [0.05, 0.1) is 22.9 Å². The molecule has 3 aromatic rings. The fraction of sp³-hybridized carbons (Fsp3) is 0.405. The molecule has 4 N–H and O–H groups in total. The minimum absolute atomic E-state index is 0.672. The van der Waals surface area contributed by atoms with E-state index in [1.807, 2.05) is 45.3 Å². The molecule has 5 rings (SSSR count). The van der Waals surface area contributed by atoms with E-state index in [1.54, 1.807) is 0 Å². The molecule has 2 fully saturated rings. The number of piperazine rings is 1. The summed E-state index contributed by atoms with van der Waals surface area (Å²) in [5.74, 6) is 0.672. The number of nitrogens with one attached hydrogen (secondary N) is 4. The molecule has 0 aromatic carbocycles. The van der Waals surface area contributed by atoms with Crippen molar-refractivity contribution in [2.75, 3.05) is 51.6 Å². The van der Waals surface area contributed by atoms with Gasteiger partial charge in [0.15, 0.2) is 0 Å². The van der Waals surface area contributed by atoms with Crippen LogP contribution in [-0.4, -0.2) is 76.3 Å². The molecule has 0 amide bonds. The number of rotatable bonds is 10. The second-order valence-corrected chi connectivity index (χ2v) is 11.7. The number of anilines is 1. The van der Waals surface area contributed by atoms with Gasteiger partial charge in [-0.05, 0) is 89.0 Å². The topological polar surface area (TPSA) is 87.9 Å². The van der Waals surface area contributed by atoms with Gasteiger partial charge in [-0.15, -0.1) is 0 Å². The zero-order chi connectivity index (χ0) is 32.3. The summed E-state index contributed by atoms with van der Waals surface area (Å²) in [6, 6.07) is 4.30. The fourth-order valence-corrected chi connectivity index (χ4v) is 6.04. The Kier molecular flexibility index (Phi) is 12.2. The molecule has 5 heterocycles. The lowest BCUT2D eigenvalue weighted by molar-refractivity contribution is 0.207. The van der Waals surface area contributed by atoms with Crippen molar-refractivity contribution in [2.45, 2.75) is 47.0 Å². The largest absolute Gasteiger partial charge is 0.368 e. The molecular formula is C37H52N8. The molecule has 3 aromatic heterocycles. The number of hydrogen-bond donors (Lipinski definition) is 4. The van der Waals surface area contributed by atoms with E-state index in [2.05, 4.69) is 93.5 Å². The molecule has 2 aliphatic rings. The minimum atomic E-state index is 0.672. The second kappa shape index (κ2) is 16.3. The lowest BCUT2D eigenvalue weighted by atomic mass is 9.93. The third-order valence-electron chi connectivity index (χ3n) is 8.53. The molecule has 0 aliphatic carbocycles. The quantitative estimate of drug-likeness (QED) is 0.227. The van der Waals surface area contributed by atoms with Crippen molar-refractivity contribution in [3.8, 4) is 11.4 Å². The summed E-state index contributed by atoms with van der Waals surface area (Å²) in [5, 5.41) is 16.8. The Balaban J connectivity index is 0.00000226. The van der Waals surface area contributed by atoms with Crippen molar-refractivity contribution in [2.24, 2.45) is 5.92 Å². The predicted molar refractivity (Wildman–Crippen MR) is 192 cm³/mol. The van der Waals surface area contributed by atoms with Gasteiger partial charge in [-0.25, -0.2) is 0 Å². The average molecular weight is 609 g/mol. The van der Waals surface area contributed by atoms with Crippen LogP contribution in [0.5, 0.6) is 0 Å². The van der Waals surface area contributed by atoms with Crippen molar-refractivity contribution in [1.29, 1.82) is 0 Å².